The van der Waals surface area contributed by atoms with E-state index in [0.717, 1.165) is 39.1 Å². The highest BCUT2D eigenvalue weighted by atomic mass is 16.4. The fourth-order valence-electron chi connectivity index (χ4n) is 2.26. The lowest BCUT2D eigenvalue weighted by Gasteiger charge is -2.20. The molecule has 0 radical (unpaired) electrons. The third-order valence-electron chi connectivity index (χ3n) is 3.44. The van der Waals surface area contributed by atoms with Crippen molar-refractivity contribution in [3.8, 4) is 0 Å². The summed E-state index contributed by atoms with van der Waals surface area (Å²) in [4.78, 5) is 26.1. The van der Waals surface area contributed by atoms with E-state index in [-0.39, 0.29) is 11.6 Å². The zero-order chi connectivity index (χ0) is 14.5. The summed E-state index contributed by atoms with van der Waals surface area (Å²) in [6.07, 6.45) is 2.39. The summed E-state index contributed by atoms with van der Waals surface area (Å²) in [5, 5.41) is 16.1. The quantitative estimate of drug-likeness (QED) is 0.802. The smallest absolute Gasteiger partial charge is 0.358 e. The van der Waals surface area contributed by atoms with Gasteiger partial charge in [0.1, 0.15) is 0 Å². The summed E-state index contributed by atoms with van der Waals surface area (Å²) < 4.78 is 1.54. The Morgan fingerprint density at radius 3 is 2.70 bits per heavy atom. The van der Waals surface area contributed by atoms with Crippen LogP contribution in [-0.2, 0) is 11.3 Å². The predicted molar refractivity (Wildman–Crippen MR) is 70.3 cm³/mol. The Morgan fingerprint density at radius 1 is 1.25 bits per heavy atom. The van der Waals surface area contributed by atoms with Gasteiger partial charge < -0.3 is 10.0 Å². The van der Waals surface area contributed by atoms with Crippen LogP contribution in [0.1, 0.15) is 23.8 Å². The van der Waals surface area contributed by atoms with Crippen LogP contribution in [0.25, 0.3) is 0 Å². The van der Waals surface area contributed by atoms with Crippen LogP contribution in [0.5, 0.6) is 0 Å². The number of amides is 1. The van der Waals surface area contributed by atoms with Crippen LogP contribution >= 0.6 is 0 Å². The highest BCUT2D eigenvalue weighted by Gasteiger charge is 2.16. The summed E-state index contributed by atoms with van der Waals surface area (Å²) in [5.74, 6) is -0.947. The molecule has 8 heteroatoms. The van der Waals surface area contributed by atoms with Gasteiger partial charge in [0.15, 0.2) is 5.69 Å². The van der Waals surface area contributed by atoms with Crippen molar-refractivity contribution in [2.45, 2.75) is 19.9 Å². The average Bonchev–Trinajstić information content (AvgIpc) is 2.74. The molecule has 2 rings (SSSR count). The summed E-state index contributed by atoms with van der Waals surface area (Å²) in [6.45, 7) is 6.28. The molecule has 0 bridgehead atoms. The van der Waals surface area contributed by atoms with E-state index in [0.29, 0.717) is 6.54 Å². The van der Waals surface area contributed by atoms with E-state index in [1.165, 1.54) is 10.9 Å². The molecule has 0 unspecified atom stereocenters. The number of carbonyl (C=O) groups is 2. The topological polar surface area (TPSA) is 91.6 Å². The first kappa shape index (κ1) is 14.4. The molecule has 0 aliphatic carbocycles. The first-order chi connectivity index (χ1) is 9.56. The SMILES string of the molecule is CC(=O)N1CCCN(CCn2cc(C(=O)O)nn2)CC1. The summed E-state index contributed by atoms with van der Waals surface area (Å²) in [7, 11) is 0. The predicted octanol–water partition coefficient (Wildman–Crippen LogP) is -0.469. The van der Waals surface area contributed by atoms with Crippen molar-refractivity contribution in [3.05, 3.63) is 11.9 Å². The fourth-order valence-corrected chi connectivity index (χ4v) is 2.26. The van der Waals surface area contributed by atoms with Gasteiger partial charge in [0.05, 0.1) is 12.7 Å². The number of nitrogens with zero attached hydrogens (tertiary/aromatic N) is 5. The maximum Gasteiger partial charge on any atom is 0.358 e. The maximum absolute atomic E-state index is 11.3. The molecule has 1 N–H and O–H groups in total. The third-order valence-corrected chi connectivity index (χ3v) is 3.44. The Hall–Kier alpha value is -1.96. The molecule has 0 aromatic carbocycles. The molecule has 1 aliphatic heterocycles. The van der Waals surface area contributed by atoms with Crippen molar-refractivity contribution >= 4 is 11.9 Å². The van der Waals surface area contributed by atoms with E-state index in [1.807, 2.05) is 4.90 Å². The third kappa shape index (κ3) is 3.77. The summed E-state index contributed by atoms with van der Waals surface area (Å²) in [5.41, 5.74) is -0.0383. The highest BCUT2D eigenvalue weighted by molar-refractivity contribution is 5.84. The number of hydrogen-bond donors (Lipinski definition) is 1. The Morgan fingerprint density at radius 2 is 2.05 bits per heavy atom. The van der Waals surface area contributed by atoms with E-state index < -0.39 is 5.97 Å². The van der Waals surface area contributed by atoms with Crippen LogP contribution in [0.2, 0.25) is 0 Å². The van der Waals surface area contributed by atoms with Crippen molar-refractivity contribution in [2.75, 3.05) is 32.7 Å². The first-order valence-electron chi connectivity index (χ1n) is 6.67. The van der Waals surface area contributed by atoms with Crippen molar-refractivity contribution in [3.63, 3.8) is 0 Å². The van der Waals surface area contributed by atoms with Gasteiger partial charge >= 0.3 is 5.97 Å². The van der Waals surface area contributed by atoms with Crippen LogP contribution in [0.15, 0.2) is 6.20 Å². The number of aromatic nitrogens is 3. The summed E-state index contributed by atoms with van der Waals surface area (Å²) >= 11 is 0. The molecule has 110 valence electrons. The monoisotopic (exact) mass is 281 g/mol. The van der Waals surface area contributed by atoms with Gasteiger partial charge in [-0.15, -0.1) is 5.10 Å². The minimum atomic E-state index is -1.07. The Kier molecular flexibility index (Phi) is 4.67. The molecule has 1 aromatic rings. The molecule has 1 aliphatic rings. The summed E-state index contributed by atoms with van der Waals surface area (Å²) in [6, 6.07) is 0. The van der Waals surface area contributed by atoms with Crippen LogP contribution in [0.4, 0.5) is 0 Å². The molecule has 1 fully saturated rings. The van der Waals surface area contributed by atoms with Crippen molar-refractivity contribution in [2.24, 2.45) is 0 Å². The number of carbonyl (C=O) groups excluding carboxylic acids is 1. The minimum Gasteiger partial charge on any atom is -0.476 e. The zero-order valence-electron chi connectivity index (χ0n) is 11.5. The van der Waals surface area contributed by atoms with Crippen molar-refractivity contribution in [1.29, 1.82) is 0 Å². The number of carboxylic acid groups (broad SMARTS) is 1. The number of aromatic carboxylic acids is 1. The van der Waals surface area contributed by atoms with E-state index in [4.69, 9.17) is 5.11 Å². The second-order valence-electron chi connectivity index (χ2n) is 4.87. The normalized spacial score (nSPS) is 16.9. The number of hydrogen-bond acceptors (Lipinski definition) is 5. The molecule has 1 saturated heterocycles. The molecular formula is C12H19N5O3. The lowest BCUT2D eigenvalue weighted by molar-refractivity contribution is -0.128. The van der Waals surface area contributed by atoms with E-state index in [9.17, 15) is 9.59 Å². The maximum atomic E-state index is 11.3. The molecule has 20 heavy (non-hydrogen) atoms. The van der Waals surface area contributed by atoms with Crippen molar-refractivity contribution in [1.82, 2.24) is 24.8 Å². The van der Waals surface area contributed by atoms with Gasteiger partial charge in [-0.25, -0.2) is 4.79 Å². The van der Waals surface area contributed by atoms with Crippen molar-refractivity contribution < 1.29 is 14.7 Å². The van der Waals surface area contributed by atoms with Gasteiger partial charge in [0.2, 0.25) is 5.91 Å². The van der Waals surface area contributed by atoms with Crippen LogP contribution in [-0.4, -0.2) is 74.5 Å². The molecule has 0 saturated carbocycles. The Bertz CT molecular complexity index is 487. The largest absolute Gasteiger partial charge is 0.476 e. The lowest BCUT2D eigenvalue weighted by Crippen LogP contribution is -2.34. The van der Waals surface area contributed by atoms with Gasteiger partial charge in [0.25, 0.3) is 0 Å². The van der Waals surface area contributed by atoms with E-state index in [2.05, 4.69) is 15.2 Å². The van der Waals surface area contributed by atoms with Crippen LogP contribution < -0.4 is 0 Å². The standard InChI is InChI=1S/C12H19N5O3/c1-10(18)16-4-2-3-15(5-7-16)6-8-17-9-11(12(19)20)13-14-17/h9H,2-8H2,1H3,(H,19,20). The molecular weight excluding hydrogens is 262 g/mol. The Balaban J connectivity index is 1.81. The molecule has 0 spiro atoms. The zero-order valence-corrected chi connectivity index (χ0v) is 11.5. The van der Waals surface area contributed by atoms with Crippen LogP contribution in [0.3, 0.4) is 0 Å². The Labute approximate surface area is 117 Å². The minimum absolute atomic E-state index is 0.0383. The fraction of sp³-hybridized carbons (Fsp3) is 0.667. The van der Waals surface area contributed by atoms with Gasteiger partial charge in [-0.3, -0.25) is 14.4 Å². The van der Waals surface area contributed by atoms with E-state index in [1.54, 1.807) is 6.92 Å². The first-order valence-corrected chi connectivity index (χ1v) is 6.67. The van der Waals surface area contributed by atoms with Gasteiger partial charge in [0, 0.05) is 33.1 Å². The van der Waals surface area contributed by atoms with Crippen LogP contribution in [0, 0.1) is 0 Å². The van der Waals surface area contributed by atoms with Gasteiger partial charge in [-0.2, -0.15) is 0 Å². The lowest BCUT2D eigenvalue weighted by atomic mass is 10.4. The second kappa shape index (κ2) is 6.47. The molecule has 2 heterocycles. The molecule has 0 atom stereocenters. The van der Waals surface area contributed by atoms with Gasteiger partial charge in [-0.05, 0) is 13.0 Å². The average molecular weight is 281 g/mol. The second-order valence-corrected chi connectivity index (χ2v) is 4.87. The van der Waals surface area contributed by atoms with Gasteiger partial charge in [-0.1, -0.05) is 5.21 Å². The molecule has 1 aromatic heterocycles. The van der Waals surface area contributed by atoms with E-state index >= 15 is 0 Å². The number of rotatable bonds is 4. The molecule has 8 nitrogen and oxygen atoms in total. The molecule has 1 amide bonds. The highest BCUT2D eigenvalue weighted by Crippen LogP contribution is 2.04. The number of carboxylic acids is 1.